The first kappa shape index (κ1) is 18.3. The van der Waals surface area contributed by atoms with E-state index < -0.39 is 17.0 Å². The highest BCUT2D eigenvalue weighted by atomic mass is 19.2. The van der Waals surface area contributed by atoms with E-state index in [1.54, 1.807) is 32.3 Å². The number of nitrogens with zero attached hydrogens (tertiary/aromatic N) is 5. The van der Waals surface area contributed by atoms with Crippen molar-refractivity contribution in [1.82, 2.24) is 24.7 Å². The van der Waals surface area contributed by atoms with Gasteiger partial charge in [0.15, 0.2) is 23.1 Å². The van der Waals surface area contributed by atoms with Gasteiger partial charge in [0.2, 0.25) is 5.91 Å². The van der Waals surface area contributed by atoms with Gasteiger partial charge in [-0.1, -0.05) is 12.1 Å². The Morgan fingerprint density at radius 1 is 1.13 bits per heavy atom. The Balaban J connectivity index is 1.63. The zero-order valence-corrected chi connectivity index (χ0v) is 16.1. The number of carbonyl (C=O) groups is 1. The van der Waals surface area contributed by atoms with E-state index in [-0.39, 0.29) is 18.0 Å². The van der Waals surface area contributed by atoms with Crippen molar-refractivity contribution in [3.63, 3.8) is 0 Å². The number of pyridine rings is 1. The van der Waals surface area contributed by atoms with Gasteiger partial charge in [-0.05, 0) is 32.0 Å². The molecule has 0 bridgehead atoms. The monoisotopic (exact) mass is 406 g/mol. The van der Waals surface area contributed by atoms with E-state index in [1.807, 2.05) is 6.07 Å². The molecule has 1 aromatic carbocycles. The molecule has 0 saturated carbocycles. The zero-order chi connectivity index (χ0) is 21.0. The minimum atomic E-state index is -0.919. The third-order valence-electron chi connectivity index (χ3n) is 5.33. The molecular formula is C21H16F2N6O. The van der Waals surface area contributed by atoms with E-state index in [0.717, 1.165) is 6.07 Å². The summed E-state index contributed by atoms with van der Waals surface area (Å²) in [5.74, 6) is -1.24. The van der Waals surface area contributed by atoms with Gasteiger partial charge >= 0.3 is 0 Å². The molecule has 5 rings (SSSR count). The molecule has 30 heavy (non-hydrogen) atoms. The zero-order valence-electron chi connectivity index (χ0n) is 16.1. The van der Waals surface area contributed by atoms with Crippen molar-refractivity contribution < 1.29 is 13.6 Å². The lowest BCUT2D eigenvalue weighted by Crippen LogP contribution is -2.26. The Morgan fingerprint density at radius 3 is 2.80 bits per heavy atom. The normalized spacial score (nSPS) is 14.7. The van der Waals surface area contributed by atoms with Gasteiger partial charge in [-0.2, -0.15) is 5.10 Å². The molecule has 4 heterocycles. The van der Waals surface area contributed by atoms with Gasteiger partial charge in [-0.25, -0.2) is 28.4 Å². The predicted octanol–water partition coefficient (Wildman–Crippen LogP) is 3.44. The lowest BCUT2D eigenvalue weighted by molar-refractivity contribution is -0.119. The number of aromatic nitrogens is 5. The van der Waals surface area contributed by atoms with E-state index in [1.165, 1.54) is 16.8 Å². The summed E-state index contributed by atoms with van der Waals surface area (Å²) in [6, 6.07) is 7.57. The van der Waals surface area contributed by atoms with Crippen LogP contribution in [0.25, 0.3) is 22.6 Å². The summed E-state index contributed by atoms with van der Waals surface area (Å²) in [6.07, 6.45) is 3.21. The van der Waals surface area contributed by atoms with Crippen molar-refractivity contribution in [2.75, 3.05) is 5.32 Å². The fourth-order valence-electron chi connectivity index (χ4n) is 3.55. The number of carbonyl (C=O) groups excluding carboxylic acids is 1. The number of hydrogen-bond donors (Lipinski definition) is 1. The lowest BCUT2D eigenvalue weighted by atomic mass is 9.88. The van der Waals surface area contributed by atoms with Crippen LogP contribution in [0.1, 0.15) is 25.0 Å². The van der Waals surface area contributed by atoms with Crippen molar-refractivity contribution in [2.45, 2.75) is 25.8 Å². The third-order valence-corrected chi connectivity index (χ3v) is 5.33. The van der Waals surface area contributed by atoms with Gasteiger partial charge in [0.25, 0.3) is 0 Å². The smallest absolute Gasteiger partial charge is 0.235 e. The summed E-state index contributed by atoms with van der Waals surface area (Å²) in [4.78, 5) is 25.4. The summed E-state index contributed by atoms with van der Waals surface area (Å²) < 4.78 is 29.3. The molecule has 3 aromatic heterocycles. The number of benzene rings is 1. The topological polar surface area (TPSA) is 85.6 Å². The molecule has 1 aliphatic heterocycles. The van der Waals surface area contributed by atoms with Crippen LogP contribution in [-0.4, -0.2) is 30.6 Å². The van der Waals surface area contributed by atoms with E-state index in [4.69, 9.17) is 0 Å². The van der Waals surface area contributed by atoms with E-state index in [9.17, 15) is 13.6 Å². The van der Waals surface area contributed by atoms with Crippen LogP contribution in [0.15, 0.2) is 42.7 Å². The molecule has 0 atom stereocenters. The number of rotatable bonds is 3. The van der Waals surface area contributed by atoms with E-state index in [2.05, 4.69) is 25.4 Å². The van der Waals surface area contributed by atoms with Gasteiger partial charge in [0, 0.05) is 23.5 Å². The Hall–Kier alpha value is -3.75. The first-order chi connectivity index (χ1) is 14.4. The molecule has 0 saturated heterocycles. The van der Waals surface area contributed by atoms with Crippen molar-refractivity contribution in [3.05, 3.63) is 65.5 Å². The van der Waals surface area contributed by atoms with Crippen LogP contribution in [0.5, 0.6) is 0 Å². The van der Waals surface area contributed by atoms with Crippen LogP contribution in [-0.2, 0) is 16.8 Å². The molecule has 4 aromatic rings. The number of nitrogens with one attached hydrogen (secondary N) is 1. The average molecular weight is 406 g/mol. The number of fused-ring (bicyclic) bond motifs is 2. The standard InChI is InChI=1S/C21H16F2N6O/c1-21(2)13-9-25-18(26-17(13)27-20(21)30)16-12-6-4-8-24-19(12)29(28-16)10-11-5-3-7-14(22)15(11)23/h3-9H,10H2,1-2H3,(H,25,26,27,30). The fourth-order valence-corrected chi connectivity index (χ4v) is 3.55. The molecule has 7 nitrogen and oxygen atoms in total. The molecular weight excluding hydrogens is 390 g/mol. The quantitative estimate of drug-likeness (QED) is 0.563. The Kier molecular flexibility index (Phi) is 3.89. The molecule has 0 fully saturated rings. The molecule has 150 valence electrons. The first-order valence-corrected chi connectivity index (χ1v) is 9.30. The summed E-state index contributed by atoms with van der Waals surface area (Å²) in [6.45, 7) is 3.60. The Bertz CT molecular complexity index is 1330. The van der Waals surface area contributed by atoms with Crippen LogP contribution in [0.2, 0.25) is 0 Å². The van der Waals surface area contributed by atoms with Crippen LogP contribution < -0.4 is 5.32 Å². The lowest BCUT2D eigenvalue weighted by Gasteiger charge is -2.13. The predicted molar refractivity (Wildman–Crippen MR) is 106 cm³/mol. The van der Waals surface area contributed by atoms with Crippen molar-refractivity contribution in [2.24, 2.45) is 0 Å². The molecule has 0 radical (unpaired) electrons. The maximum Gasteiger partial charge on any atom is 0.235 e. The summed E-state index contributed by atoms with van der Waals surface area (Å²) >= 11 is 0. The highest BCUT2D eigenvalue weighted by Crippen LogP contribution is 2.37. The maximum absolute atomic E-state index is 14.2. The van der Waals surface area contributed by atoms with Gasteiger partial charge in [-0.3, -0.25) is 4.79 Å². The summed E-state index contributed by atoms with van der Waals surface area (Å²) in [5.41, 5.74) is 1.08. The highest BCUT2D eigenvalue weighted by Gasteiger charge is 2.40. The van der Waals surface area contributed by atoms with Gasteiger partial charge in [0.1, 0.15) is 11.5 Å². The molecule has 1 amide bonds. The maximum atomic E-state index is 14.2. The third kappa shape index (κ3) is 2.66. The number of hydrogen-bond acceptors (Lipinski definition) is 5. The van der Waals surface area contributed by atoms with Crippen LogP contribution in [0.4, 0.5) is 14.6 Å². The highest BCUT2D eigenvalue weighted by molar-refractivity contribution is 6.04. The summed E-state index contributed by atoms with van der Waals surface area (Å²) in [7, 11) is 0. The van der Waals surface area contributed by atoms with Gasteiger partial charge in [0.05, 0.1) is 17.3 Å². The molecule has 9 heteroatoms. The van der Waals surface area contributed by atoms with Gasteiger partial charge in [-0.15, -0.1) is 0 Å². The van der Waals surface area contributed by atoms with Crippen LogP contribution >= 0.6 is 0 Å². The second-order valence-electron chi connectivity index (χ2n) is 7.63. The van der Waals surface area contributed by atoms with Crippen molar-refractivity contribution >= 4 is 22.8 Å². The molecule has 0 unspecified atom stereocenters. The minimum absolute atomic E-state index is 0.00812. The Labute approximate surface area is 169 Å². The summed E-state index contributed by atoms with van der Waals surface area (Å²) in [5, 5.41) is 7.97. The SMILES string of the molecule is CC1(C)C(=O)Nc2nc(-c3nn(Cc4cccc(F)c4F)c4ncccc34)ncc21. The average Bonchev–Trinajstić information content (AvgIpc) is 3.20. The van der Waals surface area contributed by atoms with E-state index >= 15 is 0 Å². The number of halogens is 2. The minimum Gasteiger partial charge on any atom is -0.310 e. The van der Waals surface area contributed by atoms with Crippen LogP contribution in [0.3, 0.4) is 0 Å². The second kappa shape index (κ2) is 6.38. The van der Waals surface area contributed by atoms with Crippen LogP contribution in [0, 0.1) is 11.6 Å². The molecule has 1 aliphatic rings. The van der Waals surface area contributed by atoms with Crippen molar-refractivity contribution in [3.8, 4) is 11.5 Å². The molecule has 0 spiro atoms. The fraction of sp³-hybridized carbons (Fsp3) is 0.190. The first-order valence-electron chi connectivity index (χ1n) is 9.30. The molecule has 1 N–H and O–H groups in total. The number of amides is 1. The Morgan fingerprint density at radius 2 is 1.97 bits per heavy atom. The van der Waals surface area contributed by atoms with Gasteiger partial charge < -0.3 is 5.32 Å². The second-order valence-corrected chi connectivity index (χ2v) is 7.63. The molecule has 0 aliphatic carbocycles. The van der Waals surface area contributed by atoms with Crippen molar-refractivity contribution in [1.29, 1.82) is 0 Å². The number of anilines is 1. The largest absolute Gasteiger partial charge is 0.310 e. The van der Waals surface area contributed by atoms with E-state index in [0.29, 0.717) is 33.9 Å².